The molecule has 3 nitrogen and oxygen atoms in total. The highest BCUT2D eigenvalue weighted by molar-refractivity contribution is 5.27. The maximum atomic E-state index is 13.0. The van der Waals surface area contributed by atoms with Crippen LogP contribution in [0.25, 0.3) is 0 Å². The van der Waals surface area contributed by atoms with E-state index in [0.29, 0.717) is 6.54 Å². The molecule has 4 heteroatoms. The number of phenols is 1. The lowest BCUT2D eigenvalue weighted by Gasteiger charge is -2.06. The van der Waals surface area contributed by atoms with Crippen molar-refractivity contribution in [2.24, 2.45) is 0 Å². The Labute approximate surface area is 102 Å². The number of benzene rings is 1. The van der Waals surface area contributed by atoms with Crippen LogP contribution < -0.4 is 5.32 Å². The zero-order valence-electron chi connectivity index (χ0n) is 10.2. The standard InChI is InChI=1S/C13H20FNO2/c1-2-7-17-8-3-6-15-10-11-4-5-13(16)12(14)9-11/h4-5,9,15-16H,2-3,6-8,10H2,1H3. The Morgan fingerprint density at radius 1 is 1.35 bits per heavy atom. The van der Waals surface area contributed by atoms with Crippen LogP contribution in [0.5, 0.6) is 5.75 Å². The average molecular weight is 241 g/mol. The zero-order chi connectivity index (χ0) is 12.5. The number of phenolic OH excluding ortho intramolecular Hbond substituents is 1. The van der Waals surface area contributed by atoms with Crippen LogP contribution in [0, 0.1) is 5.82 Å². The van der Waals surface area contributed by atoms with E-state index in [4.69, 9.17) is 9.84 Å². The largest absolute Gasteiger partial charge is 0.505 e. The van der Waals surface area contributed by atoms with Gasteiger partial charge in [0.1, 0.15) is 0 Å². The van der Waals surface area contributed by atoms with Gasteiger partial charge in [0.05, 0.1) is 0 Å². The number of hydrogen-bond donors (Lipinski definition) is 2. The first-order valence-corrected chi connectivity index (χ1v) is 6.00. The molecular weight excluding hydrogens is 221 g/mol. The maximum Gasteiger partial charge on any atom is 0.165 e. The van der Waals surface area contributed by atoms with Gasteiger partial charge in [-0.3, -0.25) is 0 Å². The van der Waals surface area contributed by atoms with Crippen LogP contribution >= 0.6 is 0 Å². The molecule has 17 heavy (non-hydrogen) atoms. The smallest absolute Gasteiger partial charge is 0.165 e. The summed E-state index contributed by atoms with van der Waals surface area (Å²) in [4.78, 5) is 0. The lowest BCUT2D eigenvalue weighted by atomic mass is 10.2. The molecule has 1 aromatic rings. The number of hydrogen-bond acceptors (Lipinski definition) is 3. The summed E-state index contributed by atoms with van der Waals surface area (Å²) >= 11 is 0. The molecule has 0 fully saturated rings. The Morgan fingerprint density at radius 2 is 2.18 bits per heavy atom. The third-order valence-corrected chi connectivity index (χ3v) is 2.33. The van der Waals surface area contributed by atoms with Gasteiger partial charge >= 0.3 is 0 Å². The topological polar surface area (TPSA) is 41.5 Å². The molecule has 0 spiro atoms. The van der Waals surface area contributed by atoms with Crippen molar-refractivity contribution in [2.45, 2.75) is 26.3 Å². The van der Waals surface area contributed by atoms with E-state index in [0.717, 1.165) is 38.2 Å². The number of rotatable bonds is 8. The van der Waals surface area contributed by atoms with E-state index in [9.17, 15) is 4.39 Å². The second-order valence-corrected chi connectivity index (χ2v) is 3.93. The molecule has 0 amide bonds. The van der Waals surface area contributed by atoms with Crippen LogP contribution in [0.4, 0.5) is 4.39 Å². The molecule has 0 unspecified atom stereocenters. The fourth-order valence-corrected chi connectivity index (χ4v) is 1.44. The minimum atomic E-state index is -0.574. The molecule has 0 bridgehead atoms. The summed E-state index contributed by atoms with van der Waals surface area (Å²) in [6.07, 6.45) is 1.99. The molecule has 2 N–H and O–H groups in total. The predicted molar refractivity (Wildman–Crippen MR) is 65.5 cm³/mol. The highest BCUT2D eigenvalue weighted by Gasteiger charge is 2.00. The first kappa shape index (κ1) is 13.9. The van der Waals surface area contributed by atoms with Crippen LogP contribution in [-0.2, 0) is 11.3 Å². The molecule has 0 aliphatic carbocycles. The van der Waals surface area contributed by atoms with Crippen molar-refractivity contribution < 1.29 is 14.2 Å². The van der Waals surface area contributed by atoms with E-state index in [2.05, 4.69) is 12.2 Å². The minimum absolute atomic E-state index is 0.304. The first-order valence-electron chi connectivity index (χ1n) is 6.00. The van der Waals surface area contributed by atoms with Crippen LogP contribution in [0.1, 0.15) is 25.3 Å². The lowest BCUT2D eigenvalue weighted by molar-refractivity contribution is 0.132. The van der Waals surface area contributed by atoms with Gasteiger partial charge in [0.2, 0.25) is 0 Å². The molecule has 0 aliphatic rings. The highest BCUT2D eigenvalue weighted by Crippen LogP contribution is 2.15. The van der Waals surface area contributed by atoms with Gasteiger partial charge in [-0.05, 0) is 37.1 Å². The molecule has 0 saturated heterocycles. The van der Waals surface area contributed by atoms with Crippen LogP contribution in [0.15, 0.2) is 18.2 Å². The van der Waals surface area contributed by atoms with Gasteiger partial charge in [0.25, 0.3) is 0 Å². The van der Waals surface area contributed by atoms with Crippen molar-refractivity contribution in [3.8, 4) is 5.75 Å². The van der Waals surface area contributed by atoms with Gasteiger partial charge in [-0.15, -0.1) is 0 Å². The van der Waals surface area contributed by atoms with Crippen molar-refractivity contribution in [3.05, 3.63) is 29.6 Å². The second kappa shape index (κ2) is 8.03. The van der Waals surface area contributed by atoms with Crippen molar-refractivity contribution in [2.75, 3.05) is 19.8 Å². The van der Waals surface area contributed by atoms with Crippen molar-refractivity contribution in [1.82, 2.24) is 5.32 Å². The van der Waals surface area contributed by atoms with Gasteiger partial charge in [-0.1, -0.05) is 13.0 Å². The molecule has 0 aliphatic heterocycles. The number of halogens is 1. The van der Waals surface area contributed by atoms with E-state index in [1.807, 2.05) is 0 Å². The normalized spacial score (nSPS) is 10.7. The SMILES string of the molecule is CCCOCCCNCc1ccc(O)c(F)c1. The number of nitrogens with one attached hydrogen (secondary N) is 1. The van der Waals surface area contributed by atoms with Crippen molar-refractivity contribution in [3.63, 3.8) is 0 Å². The molecule has 96 valence electrons. The first-order chi connectivity index (χ1) is 8.24. The Balaban J connectivity index is 2.11. The third-order valence-electron chi connectivity index (χ3n) is 2.33. The summed E-state index contributed by atoms with van der Waals surface area (Å²) in [5.41, 5.74) is 0.828. The van der Waals surface area contributed by atoms with Gasteiger partial charge in [-0.2, -0.15) is 0 Å². The summed E-state index contributed by atoms with van der Waals surface area (Å²) in [7, 11) is 0. The molecule has 0 saturated carbocycles. The summed E-state index contributed by atoms with van der Waals surface area (Å²) in [6, 6.07) is 4.42. The van der Waals surface area contributed by atoms with Crippen molar-refractivity contribution >= 4 is 0 Å². The molecule has 1 rings (SSSR count). The summed E-state index contributed by atoms with van der Waals surface area (Å²) in [5, 5.41) is 12.2. The number of ether oxygens (including phenoxy) is 1. The van der Waals surface area contributed by atoms with E-state index in [1.165, 1.54) is 12.1 Å². The summed E-state index contributed by atoms with van der Waals surface area (Å²) in [5.74, 6) is -0.878. The quantitative estimate of drug-likeness (QED) is 0.687. The Kier molecular flexibility index (Phi) is 6.58. The van der Waals surface area contributed by atoms with Crippen molar-refractivity contribution in [1.29, 1.82) is 0 Å². The average Bonchev–Trinajstić information content (AvgIpc) is 2.32. The van der Waals surface area contributed by atoms with E-state index in [-0.39, 0.29) is 5.75 Å². The molecule has 0 heterocycles. The van der Waals surface area contributed by atoms with Gasteiger partial charge in [0.15, 0.2) is 11.6 Å². The Morgan fingerprint density at radius 3 is 2.88 bits per heavy atom. The van der Waals surface area contributed by atoms with Crippen LogP contribution in [0.2, 0.25) is 0 Å². The van der Waals surface area contributed by atoms with E-state index in [1.54, 1.807) is 6.07 Å². The second-order valence-electron chi connectivity index (χ2n) is 3.93. The molecule has 0 radical (unpaired) electrons. The lowest BCUT2D eigenvalue weighted by Crippen LogP contribution is -2.16. The Bertz CT molecular complexity index is 331. The van der Waals surface area contributed by atoms with E-state index < -0.39 is 5.82 Å². The summed E-state index contributed by atoms with van der Waals surface area (Å²) in [6.45, 7) is 5.09. The van der Waals surface area contributed by atoms with Gasteiger partial charge in [-0.25, -0.2) is 4.39 Å². The van der Waals surface area contributed by atoms with Crippen LogP contribution in [-0.4, -0.2) is 24.9 Å². The number of aromatic hydroxyl groups is 1. The monoisotopic (exact) mass is 241 g/mol. The highest BCUT2D eigenvalue weighted by atomic mass is 19.1. The zero-order valence-corrected chi connectivity index (χ0v) is 10.2. The fraction of sp³-hybridized carbons (Fsp3) is 0.538. The van der Waals surface area contributed by atoms with E-state index >= 15 is 0 Å². The molecule has 0 atom stereocenters. The fourth-order valence-electron chi connectivity index (χ4n) is 1.44. The Hall–Kier alpha value is -1.13. The van der Waals surface area contributed by atoms with Gasteiger partial charge < -0.3 is 15.2 Å². The molecule has 0 aromatic heterocycles. The minimum Gasteiger partial charge on any atom is -0.505 e. The van der Waals surface area contributed by atoms with Crippen LogP contribution in [0.3, 0.4) is 0 Å². The molecular formula is C13H20FNO2. The summed E-state index contributed by atoms with van der Waals surface area (Å²) < 4.78 is 18.3. The third kappa shape index (κ3) is 5.65. The predicted octanol–water partition coefficient (Wildman–Crippen LogP) is 2.44. The van der Waals surface area contributed by atoms with Gasteiger partial charge in [0, 0.05) is 19.8 Å². The maximum absolute atomic E-state index is 13.0. The molecule has 1 aromatic carbocycles.